The highest BCUT2D eigenvalue weighted by Crippen LogP contribution is 2.36. The van der Waals surface area contributed by atoms with Crippen molar-refractivity contribution in [1.29, 1.82) is 0 Å². The number of urea groups is 1. The molecule has 1 N–H and O–H groups in total. The smallest absolute Gasteiger partial charge is 0.323 e. The third-order valence-electron chi connectivity index (χ3n) is 5.92. The molecule has 5 heteroatoms. The van der Waals surface area contributed by atoms with E-state index in [1.165, 1.54) is 24.2 Å². The first kappa shape index (κ1) is 15.8. The van der Waals surface area contributed by atoms with Crippen LogP contribution in [0.1, 0.15) is 65.2 Å². The average molecular weight is 307 g/mol. The summed E-state index contributed by atoms with van der Waals surface area (Å²) in [6, 6.07) is 0.331. The Balaban J connectivity index is 1.69. The number of carbonyl (C=O) groups excluding carboxylic acids is 2. The maximum atomic E-state index is 12.9. The lowest BCUT2D eigenvalue weighted by Crippen LogP contribution is -2.51. The monoisotopic (exact) mass is 307 g/mol. The van der Waals surface area contributed by atoms with Crippen LogP contribution in [0.25, 0.3) is 0 Å². The quantitative estimate of drug-likeness (QED) is 0.816. The Kier molecular flexibility index (Phi) is 4.44. The van der Waals surface area contributed by atoms with Gasteiger partial charge in [-0.15, -0.1) is 0 Å². The molecule has 1 saturated carbocycles. The minimum absolute atomic E-state index is 0.0184. The number of rotatable bonds is 3. The summed E-state index contributed by atoms with van der Waals surface area (Å²) in [6.07, 6.45) is 8.36. The Hall–Kier alpha value is -1.10. The van der Waals surface area contributed by atoms with Crippen LogP contribution in [0.2, 0.25) is 0 Å². The SMILES string of the molecule is CC[C@@H]1CCCCN1CN1C(=O)NC2(CCC(C)CC2)C1=O. The topological polar surface area (TPSA) is 52.6 Å². The zero-order valence-electron chi connectivity index (χ0n) is 13.9. The number of imide groups is 1. The molecule has 3 fully saturated rings. The molecule has 0 radical (unpaired) electrons. The molecule has 0 aromatic heterocycles. The standard InChI is InChI=1S/C17H29N3O2/c1-3-14-6-4-5-11-19(14)12-20-15(21)17(18-16(20)22)9-7-13(2)8-10-17/h13-14H,3-12H2,1-2H3,(H,18,22)/t13?,14-,17?/m1/s1. The molecular weight excluding hydrogens is 278 g/mol. The molecule has 1 aliphatic carbocycles. The zero-order chi connectivity index (χ0) is 15.7. The van der Waals surface area contributed by atoms with Crippen LogP contribution < -0.4 is 5.32 Å². The van der Waals surface area contributed by atoms with E-state index in [1.54, 1.807) is 0 Å². The summed E-state index contributed by atoms with van der Waals surface area (Å²) in [4.78, 5) is 29.1. The van der Waals surface area contributed by atoms with E-state index in [-0.39, 0.29) is 11.9 Å². The Morgan fingerprint density at radius 2 is 1.91 bits per heavy atom. The summed E-state index contributed by atoms with van der Waals surface area (Å²) < 4.78 is 0. The third-order valence-corrected chi connectivity index (χ3v) is 5.92. The van der Waals surface area contributed by atoms with E-state index in [1.807, 2.05) is 0 Å². The minimum atomic E-state index is -0.596. The van der Waals surface area contributed by atoms with Crippen molar-refractivity contribution in [3.63, 3.8) is 0 Å². The van der Waals surface area contributed by atoms with Gasteiger partial charge in [-0.05, 0) is 50.9 Å². The largest absolute Gasteiger partial charge is 0.326 e. The van der Waals surface area contributed by atoms with Gasteiger partial charge in [0.15, 0.2) is 0 Å². The highest BCUT2D eigenvalue weighted by atomic mass is 16.2. The second-order valence-electron chi connectivity index (χ2n) is 7.44. The molecule has 1 spiro atoms. The molecule has 1 atom stereocenters. The lowest BCUT2D eigenvalue weighted by atomic mass is 9.77. The fraction of sp³-hybridized carbons (Fsp3) is 0.882. The molecule has 3 aliphatic rings. The summed E-state index contributed by atoms with van der Waals surface area (Å²) in [7, 11) is 0. The molecule has 2 aliphatic heterocycles. The summed E-state index contributed by atoms with van der Waals surface area (Å²) >= 11 is 0. The maximum absolute atomic E-state index is 12.9. The molecule has 124 valence electrons. The molecule has 0 bridgehead atoms. The minimum Gasteiger partial charge on any atom is -0.323 e. The van der Waals surface area contributed by atoms with Gasteiger partial charge in [0.2, 0.25) is 0 Å². The Morgan fingerprint density at radius 3 is 2.59 bits per heavy atom. The normalized spacial score (nSPS) is 36.9. The van der Waals surface area contributed by atoms with Crippen LogP contribution in [-0.2, 0) is 4.79 Å². The van der Waals surface area contributed by atoms with Crippen molar-refractivity contribution in [3.05, 3.63) is 0 Å². The summed E-state index contributed by atoms with van der Waals surface area (Å²) in [5.41, 5.74) is -0.596. The molecule has 0 aromatic carbocycles. The average Bonchev–Trinajstić information content (AvgIpc) is 2.75. The van der Waals surface area contributed by atoms with E-state index in [2.05, 4.69) is 24.1 Å². The molecule has 3 rings (SSSR count). The number of hydrogen-bond donors (Lipinski definition) is 1. The van der Waals surface area contributed by atoms with E-state index >= 15 is 0 Å². The molecule has 22 heavy (non-hydrogen) atoms. The third kappa shape index (κ3) is 2.75. The summed E-state index contributed by atoms with van der Waals surface area (Å²) in [5, 5.41) is 3.02. The Morgan fingerprint density at radius 1 is 1.18 bits per heavy atom. The van der Waals surface area contributed by atoms with Gasteiger partial charge in [0.1, 0.15) is 5.54 Å². The van der Waals surface area contributed by atoms with Gasteiger partial charge in [-0.3, -0.25) is 9.69 Å². The fourth-order valence-electron chi connectivity index (χ4n) is 4.29. The van der Waals surface area contributed by atoms with Gasteiger partial charge in [-0.25, -0.2) is 9.69 Å². The highest BCUT2D eigenvalue weighted by molar-refractivity contribution is 6.07. The lowest BCUT2D eigenvalue weighted by Gasteiger charge is -2.37. The van der Waals surface area contributed by atoms with Crippen LogP contribution in [0, 0.1) is 5.92 Å². The number of nitrogens with zero attached hydrogens (tertiary/aromatic N) is 2. The number of hydrogen-bond acceptors (Lipinski definition) is 3. The number of nitrogens with one attached hydrogen (secondary N) is 1. The molecule has 3 amide bonds. The van der Waals surface area contributed by atoms with Gasteiger partial charge in [0.05, 0.1) is 6.67 Å². The predicted octanol–water partition coefficient (Wildman–Crippen LogP) is 2.71. The summed E-state index contributed by atoms with van der Waals surface area (Å²) in [6.45, 7) is 5.89. The van der Waals surface area contributed by atoms with E-state index in [9.17, 15) is 9.59 Å². The van der Waals surface area contributed by atoms with Crippen molar-refractivity contribution in [2.45, 2.75) is 76.8 Å². The van der Waals surface area contributed by atoms with Gasteiger partial charge in [0.25, 0.3) is 5.91 Å². The zero-order valence-corrected chi connectivity index (χ0v) is 13.9. The van der Waals surface area contributed by atoms with Gasteiger partial charge in [0, 0.05) is 12.6 Å². The van der Waals surface area contributed by atoms with Gasteiger partial charge >= 0.3 is 6.03 Å². The first-order valence-electron chi connectivity index (χ1n) is 8.94. The molecule has 2 heterocycles. The highest BCUT2D eigenvalue weighted by Gasteiger charge is 2.52. The molecule has 5 nitrogen and oxygen atoms in total. The second kappa shape index (κ2) is 6.19. The van der Waals surface area contributed by atoms with Crippen molar-refractivity contribution >= 4 is 11.9 Å². The lowest BCUT2D eigenvalue weighted by molar-refractivity contribution is -0.134. The molecule has 2 saturated heterocycles. The van der Waals surface area contributed by atoms with Crippen molar-refractivity contribution in [1.82, 2.24) is 15.1 Å². The van der Waals surface area contributed by atoms with Crippen molar-refractivity contribution in [3.8, 4) is 0 Å². The van der Waals surface area contributed by atoms with Crippen LogP contribution in [0.4, 0.5) is 4.79 Å². The second-order valence-corrected chi connectivity index (χ2v) is 7.44. The van der Waals surface area contributed by atoms with Gasteiger partial charge < -0.3 is 5.32 Å². The fourth-order valence-corrected chi connectivity index (χ4v) is 4.29. The van der Waals surface area contributed by atoms with Crippen LogP contribution >= 0.6 is 0 Å². The number of piperidine rings is 1. The van der Waals surface area contributed by atoms with Crippen molar-refractivity contribution < 1.29 is 9.59 Å². The number of carbonyl (C=O) groups is 2. The maximum Gasteiger partial charge on any atom is 0.326 e. The Labute approximate surface area is 133 Å². The van der Waals surface area contributed by atoms with Crippen molar-refractivity contribution in [2.75, 3.05) is 13.2 Å². The first-order valence-corrected chi connectivity index (χ1v) is 8.94. The van der Waals surface area contributed by atoms with Crippen molar-refractivity contribution in [2.24, 2.45) is 5.92 Å². The van der Waals surface area contributed by atoms with E-state index in [0.29, 0.717) is 18.6 Å². The van der Waals surface area contributed by atoms with E-state index in [4.69, 9.17) is 0 Å². The van der Waals surface area contributed by atoms with Crippen LogP contribution in [0.5, 0.6) is 0 Å². The molecular formula is C17H29N3O2. The van der Waals surface area contributed by atoms with Crippen LogP contribution in [-0.4, -0.2) is 46.5 Å². The van der Waals surface area contributed by atoms with Gasteiger partial charge in [-0.1, -0.05) is 20.3 Å². The predicted molar refractivity (Wildman–Crippen MR) is 85.2 cm³/mol. The molecule has 0 unspecified atom stereocenters. The summed E-state index contributed by atoms with van der Waals surface area (Å²) in [5.74, 6) is 0.681. The number of likely N-dealkylation sites (tertiary alicyclic amines) is 1. The van der Waals surface area contributed by atoms with E-state index in [0.717, 1.165) is 38.6 Å². The van der Waals surface area contributed by atoms with Gasteiger partial charge in [-0.2, -0.15) is 0 Å². The van der Waals surface area contributed by atoms with Crippen LogP contribution in [0.15, 0.2) is 0 Å². The van der Waals surface area contributed by atoms with E-state index < -0.39 is 5.54 Å². The number of amides is 3. The first-order chi connectivity index (χ1) is 10.6. The Bertz CT molecular complexity index is 443. The molecule has 0 aromatic rings. The van der Waals surface area contributed by atoms with Crippen LogP contribution in [0.3, 0.4) is 0 Å².